The Hall–Kier alpha value is -2.18. The normalized spacial score (nSPS) is 18.8. The van der Waals surface area contributed by atoms with E-state index in [4.69, 9.17) is 0 Å². The lowest BCUT2D eigenvalue weighted by molar-refractivity contribution is -0.126. The molecular formula is C24H32N2O3S. The van der Waals surface area contributed by atoms with E-state index in [2.05, 4.69) is 29.6 Å². The number of rotatable bonds is 8. The molecule has 0 aromatic heterocycles. The van der Waals surface area contributed by atoms with Gasteiger partial charge in [-0.05, 0) is 37.3 Å². The van der Waals surface area contributed by atoms with Gasteiger partial charge < -0.3 is 5.32 Å². The molecule has 1 fully saturated rings. The topological polar surface area (TPSA) is 66.5 Å². The van der Waals surface area contributed by atoms with Crippen molar-refractivity contribution in [3.63, 3.8) is 0 Å². The third-order valence-corrected chi connectivity index (χ3v) is 7.84. The zero-order valence-corrected chi connectivity index (χ0v) is 18.6. The first-order chi connectivity index (χ1) is 14.4. The molecule has 0 spiro atoms. The van der Waals surface area contributed by atoms with Gasteiger partial charge in [0.05, 0.1) is 5.75 Å². The first kappa shape index (κ1) is 22.5. The highest BCUT2D eigenvalue weighted by molar-refractivity contribution is 7.89. The second-order valence-electron chi connectivity index (χ2n) is 8.03. The zero-order valence-electron chi connectivity index (χ0n) is 17.8. The van der Waals surface area contributed by atoms with Crippen LogP contribution >= 0.6 is 0 Å². The van der Waals surface area contributed by atoms with E-state index in [0.29, 0.717) is 19.4 Å². The lowest BCUT2D eigenvalue weighted by atomic mass is 9.85. The van der Waals surface area contributed by atoms with Gasteiger partial charge in [-0.3, -0.25) is 4.79 Å². The molecule has 2 aromatic carbocycles. The van der Waals surface area contributed by atoms with Crippen LogP contribution in [0.3, 0.4) is 0 Å². The number of carbonyl (C=O) groups excluding carboxylic acids is 1. The molecule has 1 aliphatic heterocycles. The van der Waals surface area contributed by atoms with Gasteiger partial charge in [-0.15, -0.1) is 0 Å². The molecule has 2 aromatic rings. The van der Waals surface area contributed by atoms with Crippen molar-refractivity contribution in [3.05, 3.63) is 71.8 Å². The van der Waals surface area contributed by atoms with Gasteiger partial charge in [-0.1, -0.05) is 74.0 Å². The summed E-state index contributed by atoms with van der Waals surface area (Å²) in [7, 11) is -3.42. The van der Waals surface area contributed by atoms with Crippen LogP contribution in [0.15, 0.2) is 60.7 Å². The minimum Gasteiger partial charge on any atom is -0.351 e. The summed E-state index contributed by atoms with van der Waals surface area (Å²) >= 11 is 0. The van der Waals surface area contributed by atoms with Gasteiger partial charge in [0.15, 0.2) is 0 Å². The molecule has 162 valence electrons. The SMILES string of the molecule is CCCS(=O)(=O)N1CCCCC1C(=O)NC(C)C(c1ccccc1)c1ccccc1. The molecule has 0 saturated carbocycles. The van der Waals surface area contributed by atoms with E-state index in [1.165, 1.54) is 4.31 Å². The molecule has 1 N–H and O–H groups in total. The summed E-state index contributed by atoms with van der Waals surface area (Å²) in [4.78, 5) is 13.2. The Labute approximate surface area is 180 Å². The van der Waals surface area contributed by atoms with Crippen molar-refractivity contribution in [2.45, 2.75) is 57.5 Å². The van der Waals surface area contributed by atoms with E-state index < -0.39 is 16.1 Å². The molecule has 6 heteroatoms. The Morgan fingerprint density at radius 2 is 1.60 bits per heavy atom. The van der Waals surface area contributed by atoms with Crippen molar-refractivity contribution in [2.24, 2.45) is 0 Å². The standard InChI is InChI=1S/C24H32N2O3S/c1-3-18-30(28,29)26-17-11-10-16-22(26)24(27)25-19(2)23(20-12-6-4-7-13-20)21-14-8-5-9-15-21/h4-9,12-15,19,22-23H,3,10-11,16-18H2,1-2H3,(H,25,27). The fraction of sp³-hybridized carbons (Fsp3) is 0.458. The number of piperidine rings is 1. The van der Waals surface area contributed by atoms with Gasteiger partial charge in [0.1, 0.15) is 6.04 Å². The summed E-state index contributed by atoms with van der Waals surface area (Å²) < 4.78 is 26.9. The monoisotopic (exact) mass is 428 g/mol. The molecule has 1 aliphatic rings. The predicted molar refractivity (Wildman–Crippen MR) is 121 cm³/mol. The number of hydrogen-bond acceptors (Lipinski definition) is 3. The summed E-state index contributed by atoms with van der Waals surface area (Å²) in [5.41, 5.74) is 2.24. The third kappa shape index (κ3) is 5.29. The second-order valence-corrected chi connectivity index (χ2v) is 10.1. The van der Waals surface area contributed by atoms with E-state index in [0.717, 1.165) is 24.0 Å². The Morgan fingerprint density at radius 1 is 1.03 bits per heavy atom. The first-order valence-electron chi connectivity index (χ1n) is 10.8. The van der Waals surface area contributed by atoms with E-state index in [1.807, 2.05) is 50.2 Å². The average molecular weight is 429 g/mol. The molecule has 3 rings (SSSR count). The summed E-state index contributed by atoms with van der Waals surface area (Å²) in [6.45, 7) is 4.27. The summed E-state index contributed by atoms with van der Waals surface area (Å²) in [6, 6.07) is 19.4. The summed E-state index contributed by atoms with van der Waals surface area (Å²) in [6.07, 6.45) is 2.79. The molecule has 0 radical (unpaired) electrons. The number of hydrogen-bond donors (Lipinski definition) is 1. The summed E-state index contributed by atoms with van der Waals surface area (Å²) in [5.74, 6) is -0.123. The molecule has 0 aliphatic carbocycles. The molecule has 1 amide bonds. The highest BCUT2D eigenvalue weighted by Crippen LogP contribution is 2.29. The Bertz CT molecular complexity index is 876. The largest absolute Gasteiger partial charge is 0.351 e. The van der Waals surface area contributed by atoms with Gasteiger partial charge in [-0.2, -0.15) is 4.31 Å². The minimum absolute atomic E-state index is 0.0133. The lowest BCUT2D eigenvalue weighted by Gasteiger charge is -2.35. The van der Waals surface area contributed by atoms with Crippen LogP contribution in [0.1, 0.15) is 56.6 Å². The van der Waals surface area contributed by atoms with Gasteiger partial charge in [0.2, 0.25) is 15.9 Å². The predicted octanol–water partition coefficient (Wildman–Crippen LogP) is 3.92. The average Bonchev–Trinajstić information content (AvgIpc) is 2.75. The molecule has 2 atom stereocenters. The molecule has 2 unspecified atom stereocenters. The van der Waals surface area contributed by atoms with Crippen LogP contribution in [0.4, 0.5) is 0 Å². The molecular weight excluding hydrogens is 396 g/mol. The Balaban J connectivity index is 1.82. The van der Waals surface area contributed by atoms with Gasteiger partial charge >= 0.3 is 0 Å². The number of amides is 1. The second kappa shape index (κ2) is 10.2. The molecule has 0 bridgehead atoms. The van der Waals surface area contributed by atoms with E-state index in [9.17, 15) is 13.2 Å². The molecule has 1 saturated heterocycles. The minimum atomic E-state index is -3.42. The van der Waals surface area contributed by atoms with Crippen molar-refractivity contribution in [3.8, 4) is 0 Å². The summed E-state index contributed by atoms with van der Waals surface area (Å²) in [5, 5.41) is 3.15. The van der Waals surface area contributed by atoms with Crippen molar-refractivity contribution in [1.29, 1.82) is 0 Å². The highest BCUT2D eigenvalue weighted by Gasteiger charge is 2.37. The highest BCUT2D eigenvalue weighted by atomic mass is 32.2. The van der Waals surface area contributed by atoms with Crippen LogP contribution in [-0.4, -0.2) is 43.0 Å². The van der Waals surface area contributed by atoms with Crippen LogP contribution < -0.4 is 5.32 Å². The van der Waals surface area contributed by atoms with Crippen LogP contribution in [0.25, 0.3) is 0 Å². The van der Waals surface area contributed by atoms with Crippen LogP contribution in [-0.2, 0) is 14.8 Å². The van der Waals surface area contributed by atoms with Crippen LogP contribution in [0.5, 0.6) is 0 Å². The number of carbonyl (C=O) groups is 1. The third-order valence-electron chi connectivity index (χ3n) is 5.76. The van der Waals surface area contributed by atoms with Gasteiger partial charge in [-0.25, -0.2) is 8.42 Å². The Morgan fingerprint density at radius 3 is 2.13 bits per heavy atom. The molecule has 30 heavy (non-hydrogen) atoms. The van der Waals surface area contributed by atoms with Gasteiger partial charge in [0, 0.05) is 18.5 Å². The molecule has 5 nitrogen and oxygen atoms in total. The van der Waals surface area contributed by atoms with Crippen LogP contribution in [0, 0.1) is 0 Å². The van der Waals surface area contributed by atoms with E-state index >= 15 is 0 Å². The van der Waals surface area contributed by atoms with Crippen molar-refractivity contribution >= 4 is 15.9 Å². The number of nitrogens with zero attached hydrogens (tertiary/aromatic N) is 1. The van der Waals surface area contributed by atoms with E-state index in [1.54, 1.807) is 0 Å². The Kier molecular flexibility index (Phi) is 7.67. The maximum absolute atomic E-state index is 13.2. The smallest absolute Gasteiger partial charge is 0.238 e. The number of sulfonamides is 1. The van der Waals surface area contributed by atoms with Gasteiger partial charge in [0.25, 0.3) is 0 Å². The fourth-order valence-corrected chi connectivity index (χ4v) is 6.12. The zero-order chi connectivity index (χ0) is 21.6. The maximum Gasteiger partial charge on any atom is 0.238 e. The van der Waals surface area contributed by atoms with Crippen LogP contribution in [0.2, 0.25) is 0 Å². The molecule has 1 heterocycles. The maximum atomic E-state index is 13.2. The van der Waals surface area contributed by atoms with Crippen molar-refractivity contribution in [2.75, 3.05) is 12.3 Å². The fourth-order valence-electron chi connectivity index (χ4n) is 4.37. The van der Waals surface area contributed by atoms with E-state index in [-0.39, 0.29) is 23.6 Å². The quantitative estimate of drug-likeness (QED) is 0.693. The first-order valence-corrected chi connectivity index (χ1v) is 12.4. The number of benzene rings is 2. The number of nitrogens with one attached hydrogen (secondary N) is 1. The van der Waals surface area contributed by atoms with Crippen molar-refractivity contribution in [1.82, 2.24) is 9.62 Å². The lowest BCUT2D eigenvalue weighted by Crippen LogP contribution is -2.54. The van der Waals surface area contributed by atoms with Crippen molar-refractivity contribution < 1.29 is 13.2 Å².